The number of amides is 1. The first-order valence-electron chi connectivity index (χ1n) is 10.6. The van der Waals surface area contributed by atoms with Crippen LogP contribution in [0, 0.1) is 5.92 Å². The van der Waals surface area contributed by atoms with E-state index in [-0.39, 0.29) is 5.91 Å². The molecule has 1 unspecified atom stereocenters. The zero-order chi connectivity index (χ0) is 19.5. The van der Waals surface area contributed by atoms with E-state index in [9.17, 15) is 4.79 Å². The first-order chi connectivity index (χ1) is 13.7. The van der Waals surface area contributed by atoms with Gasteiger partial charge < -0.3 is 9.88 Å². The first-order valence-corrected chi connectivity index (χ1v) is 12.5. The first kappa shape index (κ1) is 20.0. The van der Waals surface area contributed by atoms with Crippen LogP contribution in [0.25, 0.3) is 11.4 Å². The van der Waals surface area contributed by atoms with Gasteiger partial charge in [0, 0.05) is 28.4 Å². The van der Waals surface area contributed by atoms with Crippen molar-refractivity contribution in [2.45, 2.75) is 83.0 Å². The van der Waals surface area contributed by atoms with Gasteiger partial charge in [-0.05, 0) is 50.5 Å². The summed E-state index contributed by atoms with van der Waals surface area (Å²) in [6.45, 7) is 5.28. The van der Waals surface area contributed by atoms with E-state index in [1.165, 1.54) is 59.9 Å². The molecule has 1 saturated carbocycles. The van der Waals surface area contributed by atoms with Gasteiger partial charge in [0.05, 0.1) is 5.75 Å². The highest BCUT2D eigenvalue weighted by Gasteiger charge is 2.24. The molecule has 1 N–H and O–H groups in total. The van der Waals surface area contributed by atoms with Gasteiger partial charge in [-0.25, -0.2) is 0 Å². The molecule has 2 aromatic rings. The number of rotatable bonds is 6. The number of hydrogen-bond acceptors (Lipinski definition) is 5. The Kier molecular flexibility index (Phi) is 6.41. The van der Waals surface area contributed by atoms with Crippen molar-refractivity contribution in [1.82, 2.24) is 20.1 Å². The number of nitrogens with one attached hydrogen (secondary N) is 1. The molecule has 152 valence electrons. The van der Waals surface area contributed by atoms with Crippen LogP contribution in [0.3, 0.4) is 0 Å². The highest BCUT2D eigenvalue weighted by Crippen LogP contribution is 2.38. The number of hydrogen-bond donors (Lipinski definition) is 1. The van der Waals surface area contributed by atoms with Gasteiger partial charge in [0.2, 0.25) is 5.91 Å². The van der Waals surface area contributed by atoms with Crippen molar-refractivity contribution in [3.8, 4) is 11.4 Å². The number of carbonyl (C=O) groups is 1. The van der Waals surface area contributed by atoms with E-state index < -0.39 is 0 Å². The second kappa shape index (κ2) is 8.99. The Morgan fingerprint density at radius 1 is 1.29 bits per heavy atom. The van der Waals surface area contributed by atoms with Crippen LogP contribution in [0.5, 0.6) is 0 Å². The van der Waals surface area contributed by atoms with Crippen molar-refractivity contribution in [2.75, 3.05) is 5.75 Å². The SMILES string of the molecule is CCn1c(SCC(=O)NC2CCCCC2)nnc1-c1csc2c1CCC(C)C2. The van der Waals surface area contributed by atoms with Gasteiger partial charge in [-0.2, -0.15) is 0 Å². The van der Waals surface area contributed by atoms with Crippen molar-refractivity contribution in [2.24, 2.45) is 5.92 Å². The van der Waals surface area contributed by atoms with Crippen LogP contribution in [-0.4, -0.2) is 32.5 Å². The van der Waals surface area contributed by atoms with E-state index in [2.05, 4.69) is 39.3 Å². The van der Waals surface area contributed by atoms with Crippen LogP contribution in [-0.2, 0) is 24.2 Å². The largest absolute Gasteiger partial charge is 0.353 e. The fourth-order valence-corrected chi connectivity index (χ4v) is 6.45. The molecule has 0 aromatic carbocycles. The summed E-state index contributed by atoms with van der Waals surface area (Å²) in [6.07, 6.45) is 9.57. The second-order valence-electron chi connectivity index (χ2n) is 8.14. The molecule has 2 aliphatic rings. The molecule has 2 heterocycles. The van der Waals surface area contributed by atoms with E-state index in [0.717, 1.165) is 42.7 Å². The van der Waals surface area contributed by atoms with Crippen LogP contribution in [0.4, 0.5) is 0 Å². The molecule has 2 aliphatic carbocycles. The molecular weight excluding hydrogens is 388 g/mol. The minimum absolute atomic E-state index is 0.117. The summed E-state index contributed by atoms with van der Waals surface area (Å²) >= 11 is 3.37. The number of fused-ring (bicyclic) bond motifs is 1. The summed E-state index contributed by atoms with van der Waals surface area (Å²) < 4.78 is 2.17. The number of carbonyl (C=O) groups excluding carboxylic acids is 1. The van der Waals surface area contributed by atoms with Crippen LogP contribution >= 0.6 is 23.1 Å². The lowest BCUT2D eigenvalue weighted by Crippen LogP contribution is -2.37. The molecule has 5 nitrogen and oxygen atoms in total. The Labute approximate surface area is 175 Å². The van der Waals surface area contributed by atoms with Crippen LogP contribution in [0.2, 0.25) is 0 Å². The van der Waals surface area contributed by atoms with E-state index in [4.69, 9.17) is 0 Å². The van der Waals surface area contributed by atoms with Gasteiger partial charge in [-0.1, -0.05) is 37.9 Å². The quantitative estimate of drug-likeness (QED) is 0.691. The number of thiophene rings is 1. The number of aromatic nitrogens is 3. The summed E-state index contributed by atoms with van der Waals surface area (Å²) in [4.78, 5) is 13.9. The summed E-state index contributed by atoms with van der Waals surface area (Å²) in [7, 11) is 0. The molecule has 4 rings (SSSR count). The Hall–Kier alpha value is -1.34. The third kappa shape index (κ3) is 4.30. The lowest BCUT2D eigenvalue weighted by Gasteiger charge is -2.22. The van der Waals surface area contributed by atoms with E-state index in [1.807, 2.05) is 11.3 Å². The number of thioether (sulfide) groups is 1. The van der Waals surface area contributed by atoms with E-state index >= 15 is 0 Å². The van der Waals surface area contributed by atoms with Crippen LogP contribution < -0.4 is 5.32 Å². The average Bonchev–Trinajstić information content (AvgIpc) is 3.29. The van der Waals surface area contributed by atoms with Crippen molar-refractivity contribution in [3.63, 3.8) is 0 Å². The van der Waals surface area contributed by atoms with Gasteiger partial charge >= 0.3 is 0 Å². The average molecular weight is 419 g/mol. The van der Waals surface area contributed by atoms with Gasteiger partial charge in [-0.3, -0.25) is 4.79 Å². The fourth-order valence-electron chi connectivity index (χ4n) is 4.39. The number of nitrogens with zero attached hydrogens (tertiary/aromatic N) is 3. The minimum Gasteiger partial charge on any atom is -0.353 e. The molecule has 0 aliphatic heterocycles. The molecule has 0 radical (unpaired) electrons. The Balaban J connectivity index is 1.44. The Bertz CT molecular complexity index is 822. The van der Waals surface area contributed by atoms with Crippen LogP contribution in [0.15, 0.2) is 10.5 Å². The molecule has 0 bridgehead atoms. The predicted octanol–water partition coefficient (Wildman–Crippen LogP) is 4.69. The summed E-state index contributed by atoms with van der Waals surface area (Å²) in [6, 6.07) is 0.362. The van der Waals surface area contributed by atoms with E-state index in [0.29, 0.717) is 11.8 Å². The molecule has 2 aromatic heterocycles. The second-order valence-corrected chi connectivity index (χ2v) is 10.0. The van der Waals surface area contributed by atoms with Crippen molar-refractivity contribution >= 4 is 29.0 Å². The van der Waals surface area contributed by atoms with E-state index in [1.54, 1.807) is 0 Å². The molecular formula is C21H30N4OS2. The molecule has 0 saturated heterocycles. The van der Waals surface area contributed by atoms with Gasteiger partial charge in [0.1, 0.15) is 0 Å². The van der Waals surface area contributed by atoms with Crippen molar-refractivity contribution < 1.29 is 4.79 Å². The monoisotopic (exact) mass is 418 g/mol. The third-order valence-electron chi connectivity index (χ3n) is 5.98. The summed E-state index contributed by atoms with van der Waals surface area (Å²) in [5.41, 5.74) is 2.72. The lowest BCUT2D eigenvalue weighted by atomic mass is 9.88. The minimum atomic E-state index is 0.117. The topological polar surface area (TPSA) is 59.8 Å². The Morgan fingerprint density at radius 3 is 2.89 bits per heavy atom. The maximum Gasteiger partial charge on any atom is 0.230 e. The molecule has 28 heavy (non-hydrogen) atoms. The molecule has 1 atom stereocenters. The van der Waals surface area contributed by atoms with Gasteiger partial charge in [-0.15, -0.1) is 21.5 Å². The van der Waals surface area contributed by atoms with Crippen molar-refractivity contribution in [1.29, 1.82) is 0 Å². The lowest BCUT2D eigenvalue weighted by molar-refractivity contribution is -0.119. The fraction of sp³-hybridized carbons (Fsp3) is 0.667. The summed E-state index contributed by atoms with van der Waals surface area (Å²) in [5, 5.41) is 15.2. The predicted molar refractivity (Wildman–Crippen MR) is 116 cm³/mol. The molecule has 1 amide bonds. The third-order valence-corrected chi connectivity index (χ3v) is 8.00. The molecule has 1 fully saturated rings. The van der Waals surface area contributed by atoms with Gasteiger partial charge in [0.15, 0.2) is 11.0 Å². The Morgan fingerprint density at radius 2 is 2.11 bits per heavy atom. The molecule has 0 spiro atoms. The normalized spacial score (nSPS) is 20.1. The molecule has 7 heteroatoms. The smallest absolute Gasteiger partial charge is 0.230 e. The standard InChI is InChI=1S/C21H30N4OS2/c1-3-25-20(17-12-27-18-11-14(2)9-10-16(17)18)23-24-21(25)28-13-19(26)22-15-7-5-4-6-8-15/h12,14-15H,3-11,13H2,1-2H3,(H,22,26). The maximum atomic E-state index is 12.4. The highest BCUT2D eigenvalue weighted by molar-refractivity contribution is 7.99. The van der Waals surface area contributed by atoms with Crippen LogP contribution in [0.1, 0.15) is 62.8 Å². The van der Waals surface area contributed by atoms with Crippen molar-refractivity contribution in [3.05, 3.63) is 15.8 Å². The maximum absolute atomic E-state index is 12.4. The zero-order valence-corrected chi connectivity index (χ0v) is 18.5. The summed E-state index contributed by atoms with van der Waals surface area (Å²) in [5.74, 6) is 2.26. The highest BCUT2D eigenvalue weighted by atomic mass is 32.2. The zero-order valence-electron chi connectivity index (χ0n) is 16.9. The van der Waals surface area contributed by atoms with Gasteiger partial charge in [0.25, 0.3) is 0 Å².